The van der Waals surface area contributed by atoms with Gasteiger partial charge in [0.15, 0.2) is 12.4 Å². The van der Waals surface area contributed by atoms with E-state index in [0.717, 1.165) is 0 Å². The van der Waals surface area contributed by atoms with E-state index in [1.165, 1.54) is 6.92 Å². The van der Waals surface area contributed by atoms with E-state index in [9.17, 15) is 14.4 Å². The summed E-state index contributed by atoms with van der Waals surface area (Å²) in [6.45, 7) is 3.23. The molecule has 0 atom stereocenters. The van der Waals surface area contributed by atoms with Crippen LogP contribution in [0.2, 0.25) is 0 Å². The molecule has 0 aliphatic carbocycles. The summed E-state index contributed by atoms with van der Waals surface area (Å²) in [6.07, 6.45) is 0. The van der Waals surface area contributed by atoms with Gasteiger partial charge in [-0.15, -0.1) is 0 Å². The van der Waals surface area contributed by atoms with Crippen LogP contribution in [0.25, 0.3) is 0 Å². The van der Waals surface area contributed by atoms with Crippen molar-refractivity contribution in [3.8, 4) is 5.75 Å². The highest BCUT2D eigenvalue weighted by Crippen LogP contribution is 2.19. The van der Waals surface area contributed by atoms with Crippen molar-refractivity contribution >= 4 is 23.3 Å². The highest BCUT2D eigenvalue weighted by molar-refractivity contribution is 5.98. The van der Waals surface area contributed by atoms with Crippen LogP contribution in [0.15, 0.2) is 48.5 Å². The maximum absolute atomic E-state index is 12.1. The lowest BCUT2D eigenvalue weighted by molar-refractivity contribution is -0.119. The molecule has 0 aromatic heterocycles. The Morgan fingerprint density at radius 1 is 1.04 bits per heavy atom. The number of hydrogen-bond acceptors (Lipinski definition) is 5. The lowest BCUT2D eigenvalue weighted by Crippen LogP contribution is -2.21. The average Bonchev–Trinajstić information content (AvgIpc) is 2.60. The Labute approximate surface area is 145 Å². The molecule has 2 rings (SSSR count). The number of carbonyl (C=O) groups is 3. The van der Waals surface area contributed by atoms with Gasteiger partial charge in [0.25, 0.3) is 5.91 Å². The fourth-order valence-corrected chi connectivity index (χ4v) is 2.14. The molecule has 2 aromatic carbocycles. The zero-order valence-corrected chi connectivity index (χ0v) is 14.1. The molecule has 1 amide bonds. The zero-order valence-electron chi connectivity index (χ0n) is 14.1. The van der Waals surface area contributed by atoms with Gasteiger partial charge in [-0.3, -0.25) is 9.59 Å². The first-order valence-corrected chi connectivity index (χ1v) is 7.81. The lowest BCUT2D eigenvalue weighted by atomic mass is 10.1. The van der Waals surface area contributed by atoms with Gasteiger partial charge >= 0.3 is 5.97 Å². The number of esters is 1. The maximum Gasteiger partial charge on any atom is 0.342 e. The average molecular weight is 341 g/mol. The van der Waals surface area contributed by atoms with Crippen molar-refractivity contribution in [2.24, 2.45) is 0 Å². The third-order valence-electron chi connectivity index (χ3n) is 3.29. The standard InChI is InChI=1S/C19H19NO5/c1-3-24-17-10-5-4-9-16(17)19(23)25-12-18(22)20-15-8-6-7-14(11-15)13(2)21/h4-11H,3,12H2,1-2H3,(H,20,22). The molecule has 130 valence electrons. The third kappa shape index (κ3) is 5.17. The van der Waals surface area contributed by atoms with E-state index in [-0.39, 0.29) is 11.3 Å². The van der Waals surface area contributed by atoms with Gasteiger partial charge in [0.1, 0.15) is 11.3 Å². The predicted octanol–water partition coefficient (Wildman–Crippen LogP) is 3.08. The molecule has 0 saturated carbocycles. The molecule has 1 N–H and O–H groups in total. The first-order chi connectivity index (χ1) is 12.0. The van der Waals surface area contributed by atoms with E-state index >= 15 is 0 Å². The fraction of sp³-hybridized carbons (Fsp3) is 0.211. The molecule has 0 bridgehead atoms. The number of benzene rings is 2. The molecule has 6 nitrogen and oxygen atoms in total. The third-order valence-corrected chi connectivity index (χ3v) is 3.29. The smallest absolute Gasteiger partial charge is 0.342 e. The number of ether oxygens (including phenoxy) is 2. The van der Waals surface area contributed by atoms with Crippen LogP contribution >= 0.6 is 0 Å². The van der Waals surface area contributed by atoms with Crippen LogP contribution in [-0.4, -0.2) is 30.9 Å². The molecule has 0 unspecified atom stereocenters. The summed E-state index contributed by atoms with van der Waals surface area (Å²) < 4.78 is 10.4. The van der Waals surface area contributed by atoms with Crippen molar-refractivity contribution < 1.29 is 23.9 Å². The molecule has 2 aromatic rings. The summed E-state index contributed by atoms with van der Waals surface area (Å²) in [7, 11) is 0. The number of ketones is 1. The summed E-state index contributed by atoms with van der Waals surface area (Å²) in [6, 6.07) is 13.2. The molecular formula is C19H19NO5. The predicted molar refractivity (Wildman–Crippen MR) is 93.0 cm³/mol. The molecular weight excluding hydrogens is 322 g/mol. The second kappa shape index (κ2) is 8.63. The Hall–Kier alpha value is -3.15. The Bertz CT molecular complexity index is 785. The molecule has 0 spiro atoms. The van der Waals surface area contributed by atoms with Gasteiger partial charge in [0.2, 0.25) is 0 Å². The van der Waals surface area contributed by atoms with Crippen molar-refractivity contribution in [1.29, 1.82) is 0 Å². The molecule has 0 aliphatic heterocycles. The van der Waals surface area contributed by atoms with Gasteiger partial charge in [-0.2, -0.15) is 0 Å². The van der Waals surface area contributed by atoms with Crippen molar-refractivity contribution in [3.63, 3.8) is 0 Å². The maximum atomic E-state index is 12.1. The Balaban J connectivity index is 1.95. The second-order valence-corrected chi connectivity index (χ2v) is 5.19. The second-order valence-electron chi connectivity index (χ2n) is 5.19. The summed E-state index contributed by atoms with van der Waals surface area (Å²) >= 11 is 0. The number of Topliss-reactive ketones (excluding diaryl/α,β-unsaturated/α-hetero) is 1. The van der Waals surface area contributed by atoms with Gasteiger partial charge in [-0.05, 0) is 38.1 Å². The fourth-order valence-electron chi connectivity index (χ4n) is 2.14. The van der Waals surface area contributed by atoms with Gasteiger partial charge in [0, 0.05) is 11.3 Å². The van der Waals surface area contributed by atoms with E-state index < -0.39 is 18.5 Å². The van der Waals surface area contributed by atoms with Crippen LogP contribution in [0.4, 0.5) is 5.69 Å². The highest BCUT2D eigenvalue weighted by atomic mass is 16.5. The minimum absolute atomic E-state index is 0.102. The van der Waals surface area contributed by atoms with Crippen molar-refractivity contribution in [3.05, 3.63) is 59.7 Å². The summed E-state index contributed by atoms with van der Waals surface area (Å²) in [5.74, 6) is -0.834. The lowest BCUT2D eigenvalue weighted by Gasteiger charge is -2.10. The highest BCUT2D eigenvalue weighted by Gasteiger charge is 2.15. The van der Waals surface area contributed by atoms with Gasteiger partial charge in [0.05, 0.1) is 6.61 Å². The normalized spacial score (nSPS) is 10.0. The number of nitrogens with one attached hydrogen (secondary N) is 1. The zero-order chi connectivity index (χ0) is 18.2. The Kier molecular flexibility index (Phi) is 6.28. The minimum Gasteiger partial charge on any atom is -0.493 e. The molecule has 0 aliphatic rings. The first kappa shape index (κ1) is 18.2. The molecule has 6 heteroatoms. The van der Waals surface area contributed by atoms with Crippen LogP contribution in [0.3, 0.4) is 0 Å². The van der Waals surface area contributed by atoms with Gasteiger partial charge in [-0.1, -0.05) is 24.3 Å². The van der Waals surface area contributed by atoms with E-state index in [1.807, 2.05) is 6.92 Å². The van der Waals surface area contributed by atoms with Gasteiger partial charge < -0.3 is 14.8 Å². The number of hydrogen-bond donors (Lipinski definition) is 1. The Morgan fingerprint density at radius 3 is 2.52 bits per heavy atom. The minimum atomic E-state index is -0.642. The summed E-state index contributed by atoms with van der Waals surface area (Å²) in [4.78, 5) is 35.4. The van der Waals surface area contributed by atoms with Crippen molar-refractivity contribution in [2.45, 2.75) is 13.8 Å². The number of carbonyl (C=O) groups excluding carboxylic acids is 3. The summed E-state index contributed by atoms with van der Waals surface area (Å²) in [5, 5.41) is 2.58. The van der Waals surface area contributed by atoms with E-state index in [4.69, 9.17) is 9.47 Å². The van der Waals surface area contributed by atoms with E-state index in [2.05, 4.69) is 5.32 Å². The number of amides is 1. The van der Waals surface area contributed by atoms with Crippen LogP contribution in [0, 0.1) is 0 Å². The Morgan fingerprint density at radius 2 is 1.80 bits per heavy atom. The van der Waals surface area contributed by atoms with Crippen LogP contribution in [0.1, 0.15) is 34.6 Å². The molecule has 0 fully saturated rings. The van der Waals surface area contributed by atoms with E-state index in [0.29, 0.717) is 23.6 Å². The van der Waals surface area contributed by atoms with E-state index in [1.54, 1.807) is 48.5 Å². The van der Waals surface area contributed by atoms with Crippen LogP contribution in [0.5, 0.6) is 5.75 Å². The largest absolute Gasteiger partial charge is 0.493 e. The number of para-hydroxylation sites is 1. The molecule has 25 heavy (non-hydrogen) atoms. The topological polar surface area (TPSA) is 81.7 Å². The molecule has 0 heterocycles. The molecule has 0 radical (unpaired) electrons. The van der Waals surface area contributed by atoms with Crippen LogP contribution in [-0.2, 0) is 9.53 Å². The number of rotatable bonds is 7. The van der Waals surface area contributed by atoms with Crippen molar-refractivity contribution in [2.75, 3.05) is 18.5 Å². The first-order valence-electron chi connectivity index (χ1n) is 7.81. The quantitative estimate of drug-likeness (QED) is 0.618. The van der Waals surface area contributed by atoms with Crippen molar-refractivity contribution in [1.82, 2.24) is 0 Å². The van der Waals surface area contributed by atoms with Crippen LogP contribution < -0.4 is 10.1 Å². The number of anilines is 1. The summed E-state index contributed by atoms with van der Waals surface area (Å²) in [5.41, 5.74) is 1.21. The SMILES string of the molecule is CCOc1ccccc1C(=O)OCC(=O)Nc1cccc(C(C)=O)c1. The molecule has 0 saturated heterocycles. The monoisotopic (exact) mass is 341 g/mol. The van der Waals surface area contributed by atoms with Gasteiger partial charge in [-0.25, -0.2) is 4.79 Å².